The van der Waals surface area contributed by atoms with Crippen LogP contribution in [0.15, 0.2) is 108 Å². The van der Waals surface area contributed by atoms with Gasteiger partial charge in [-0.25, -0.2) is 17.8 Å². The van der Waals surface area contributed by atoms with E-state index in [4.69, 9.17) is 0 Å². The zero-order chi connectivity index (χ0) is 26.0. The molecule has 5 aromatic rings. The third kappa shape index (κ3) is 5.32. The summed E-state index contributed by atoms with van der Waals surface area (Å²) in [7, 11) is -4.08. The molecule has 1 heterocycles. The van der Waals surface area contributed by atoms with Crippen LogP contribution in [0.2, 0.25) is 0 Å². The number of hydrogen-bond donors (Lipinski definition) is 1. The summed E-state index contributed by atoms with van der Waals surface area (Å²) in [6.07, 6.45) is 0.372. The molecule has 0 fully saturated rings. The quantitative estimate of drug-likeness (QED) is 0.315. The third-order valence-electron chi connectivity index (χ3n) is 6.41. The van der Waals surface area contributed by atoms with Crippen molar-refractivity contribution in [1.29, 1.82) is 0 Å². The fraction of sp³-hybridized carbons (Fsp3) is 0.133. The van der Waals surface area contributed by atoms with Crippen molar-refractivity contribution in [2.24, 2.45) is 0 Å². The summed E-state index contributed by atoms with van der Waals surface area (Å²) in [6.45, 7) is 3.84. The van der Waals surface area contributed by atoms with E-state index in [1.807, 2.05) is 92.7 Å². The summed E-state index contributed by atoms with van der Waals surface area (Å²) >= 11 is 0. The molecule has 0 saturated carbocycles. The van der Waals surface area contributed by atoms with Crippen LogP contribution in [0.3, 0.4) is 0 Å². The largest absolute Gasteiger partial charge is 0.273 e. The van der Waals surface area contributed by atoms with Crippen LogP contribution in [-0.4, -0.2) is 24.1 Å². The molecule has 0 aliphatic heterocycles. The van der Waals surface area contributed by atoms with Crippen molar-refractivity contribution in [2.75, 3.05) is 0 Å². The molecule has 186 valence electrons. The Kier molecular flexibility index (Phi) is 6.63. The van der Waals surface area contributed by atoms with Crippen LogP contribution >= 0.6 is 0 Å². The van der Waals surface area contributed by atoms with E-state index in [-0.39, 0.29) is 4.90 Å². The Balaban J connectivity index is 1.43. The lowest BCUT2D eigenvalue weighted by molar-refractivity contribution is -0.120. The molecule has 1 N–H and O–H groups in total. The molecular formula is C30H27N3O3S. The second kappa shape index (κ2) is 10.0. The summed E-state index contributed by atoms with van der Waals surface area (Å²) in [5, 5.41) is 6.49. The van der Waals surface area contributed by atoms with Crippen LogP contribution < -0.4 is 4.72 Å². The topological polar surface area (TPSA) is 81.1 Å². The number of sulfonamides is 1. The van der Waals surface area contributed by atoms with E-state index in [1.165, 1.54) is 12.1 Å². The van der Waals surface area contributed by atoms with Gasteiger partial charge in [-0.05, 0) is 72.5 Å². The highest BCUT2D eigenvalue weighted by Gasteiger charge is 2.27. The van der Waals surface area contributed by atoms with E-state index in [1.54, 1.807) is 16.8 Å². The van der Waals surface area contributed by atoms with Crippen LogP contribution in [0.5, 0.6) is 0 Å². The van der Waals surface area contributed by atoms with Crippen LogP contribution in [0.4, 0.5) is 0 Å². The molecule has 1 amide bonds. The second-order valence-corrected chi connectivity index (χ2v) is 10.8. The number of carbonyl (C=O) groups excluding carboxylic acids is 1. The molecular weight excluding hydrogens is 482 g/mol. The first kappa shape index (κ1) is 24.5. The van der Waals surface area contributed by atoms with Gasteiger partial charge in [-0.1, -0.05) is 72.8 Å². The minimum atomic E-state index is -4.08. The number of rotatable bonds is 7. The molecule has 0 aliphatic carbocycles. The van der Waals surface area contributed by atoms with E-state index >= 15 is 0 Å². The molecule has 6 nitrogen and oxygen atoms in total. The summed E-state index contributed by atoms with van der Waals surface area (Å²) in [4.78, 5) is 13.5. The van der Waals surface area contributed by atoms with Gasteiger partial charge in [0.25, 0.3) is 10.0 Å². The van der Waals surface area contributed by atoms with Crippen molar-refractivity contribution in [3.05, 3.63) is 126 Å². The van der Waals surface area contributed by atoms with Gasteiger partial charge in [0, 0.05) is 5.69 Å². The average Bonchev–Trinajstić information content (AvgIpc) is 3.25. The number of hydrogen-bond acceptors (Lipinski definition) is 4. The number of fused-ring (bicyclic) bond motifs is 1. The van der Waals surface area contributed by atoms with E-state index in [0.717, 1.165) is 39.0 Å². The fourth-order valence-corrected chi connectivity index (χ4v) is 5.57. The first-order valence-corrected chi connectivity index (χ1v) is 13.5. The van der Waals surface area contributed by atoms with Crippen LogP contribution in [0, 0.1) is 13.8 Å². The van der Waals surface area contributed by atoms with E-state index in [2.05, 4.69) is 9.82 Å². The third-order valence-corrected chi connectivity index (χ3v) is 7.77. The van der Waals surface area contributed by atoms with Crippen molar-refractivity contribution >= 4 is 26.7 Å². The van der Waals surface area contributed by atoms with Gasteiger partial charge in [0.2, 0.25) is 5.91 Å². The molecule has 0 spiro atoms. The maximum atomic E-state index is 13.5. The summed E-state index contributed by atoms with van der Waals surface area (Å²) < 4.78 is 30.5. The SMILES string of the molecule is Cc1cc(C)n(-c2ccc(S(=O)(=O)NC(=O)C(Cc3ccccc3)c3ccc4ccccc4c3)cc2)n1. The maximum absolute atomic E-state index is 13.5. The van der Waals surface area contributed by atoms with E-state index < -0.39 is 21.8 Å². The van der Waals surface area contributed by atoms with Crippen molar-refractivity contribution in [3.8, 4) is 5.69 Å². The Morgan fingerprint density at radius 2 is 1.51 bits per heavy atom. The van der Waals surface area contributed by atoms with Crippen LogP contribution in [0.1, 0.15) is 28.4 Å². The highest BCUT2D eigenvalue weighted by Crippen LogP contribution is 2.26. The Bertz CT molecular complexity index is 1670. The Morgan fingerprint density at radius 1 is 0.838 bits per heavy atom. The van der Waals surface area contributed by atoms with Gasteiger partial charge in [-0.2, -0.15) is 5.10 Å². The van der Waals surface area contributed by atoms with Crippen molar-refractivity contribution in [1.82, 2.24) is 14.5 Å². The summed E-state index contributed by atoms with van der Waals surface area (Å²) in [5.41, 5.74) is 4.27. The minimum Gasteiger partial charge on any atom is -0.273 e. The standard InChI is InChI=1S/C30H27N3O3S/c1-21-18-22(2)33(31-21)27-14-16-28(17-15-27)37(35,36)32-30(34)29(19-23-8-4-3-5-9-23)26-13-12-24-10-6-7-11-25(24)20-26/h3-18,20,29H,19H2,1-2H3,(H,32,34). The van der Waals surface area contributed by atoms with Gasteiger partial charge in [0.15, 0.2) is 0 Å². The molecule has 1 unspecified atom stereocenters. The van der Waals surface area contributed by atoms with Gasteiger partial charge in [-0.3, -0.25) is 4.79 Å². The monoisotopic (exact) mass is 509 g/mol. The van der Waals surface area contributed by atoms with Crippen LogP contribution in [-0.2, 0) is 21.2 Å². The smallest absolute Gasteiger partial charge is 0.264 e. The number of benzene rings is 4. The van der Waals surface area contributed by atoms with Gasteiger partial charge in [0.1, 0.15) is 0 Å². The summed E-state index contributed by atoms with van der Waals surface area (Å²) in [5.74, 6) is -1.25. The zero-order valence-electron chi connectivity index (χ0n) is 20.6. The van der Waals surface area contributed by atoms with Crippen LogP contribution in [0.25, 0.3) is 16.5 Å². The molecule has 4 aromatic carbocycles. The lowest BCUT2D eigenvalue weighted by atomic mass is 9.90. The summed E-state index contributed by atoms with van der Waals surface area (Å²) in [6, 6.07) is 31.6. The van der Waals surface area contributed by atoms with Crippen molar-refractivity contribution in [2.45, 2.75) is 31.1 Å². The number of carbonyl (C=O) groups is 1. The highest BCUT2D eigenvalue weighted by atomic mass is 32.2. The molecule has 37 heavy (non-hydrogen) atoms. The highest BCUT2D eigenvalue weighted by molar-refractivity contribution is 7.90. The number of nitrogens with one attached hydrogen (secondary N) is 1. The Hall–Kier alpha value is -4.23. The first-order chi connectivity index (χ1) is 17.8. The van der Waals surface area contributed by atoms with E-state index in [9.17, 15) is 13.2 Å². The number of aryl methyl sites for hydroxylation is 2. The van der Waals surface area contributed by atoms with E-state index in [0.29, 0.717) is 6.42 Å². The van der Waals surface area contributed by atoms with Gasteiger partial charge >= 0.3 is 0 Å². The molecule has 5 rings (SSSR count). The minimum absolute atomic E-state index is 0.0168. The predicted octanol–water partition coefficient (Wildman–Crippen LogP) is 5.47. The molecule has 1 atom stereocenters. The lowest BCUT2D eigenvalue weighted by Gasteiger charge is -2.18. The first-order valence-electron chi connectivity index (χ1n) is 12.0. The Morgan fingerprint density at radius 3 is 2.19 bits per heavy atom. The molecule has 0 bridgehead atoms. The Labute approximate surface area is 216 Å². The average molecular weight is 510 g/mol. The number of aromatic nitrogens is 2. The van der Waals surface area contributed by atoms with Crippen molar-refractivity contribution < 1.29 is 13.2 Å². The molecule has 7 heteroatoms. The molecule has 1 aromatic heterocycles. The van der Waals surface area contributed by atoms with Gasteiger partial charge in [0.05, 0.1) is 22.2 Å². The number of nitrogens with zero attached hydrogens (tertiary/aromatic N) is 2. The van der Waals surface area contributed by atoms with Gasteiger partial charge in [-0.15, -0.1) is 0 Å². The maximum Gasteiger partial charge on any atom is 0.264 e. The zero-order valence-corrected chi connectivity index (χ0v) is 21.4. The lowest BCUT2D eigenvalue weighted by Crippen LogP contribution is -2.35. The van der Waals surface area contributed by atoms with Crippen molar-refractivity contribution in [3.63, 3.8) is 0 Å². The number of amides is 1. The van der Waals surface area contributed by atoms with Gasteiger partial charge < -0.3 is 0 Å². The predicted molar refractivity (Wildman–Crippen MR) is 145 cm³/mol. The molecule has 0 saturated heterocycles. The second-order valence-electron chi connectivity index (χ2n) is 9.15. The molecule has 0 radical (unpaired) electrons. The normalized spacial score (nSPS) is 12.4. The molecule has 0 aliphatic rings. The fourth-order valence-electron chi connectivity index (χ4n) is 4.56.